The van der Waals surface area contributed by atoms with E-state index in [0.29, 0.717) is 11.1 Å². The zero-order valence-electron chi connectivity index (χ0n) is 10.9. The number of hydrogen-bond acceptors (Lipinski definition) is 3. The Bertz CT molecular complexity index is 683. The zero-order valence-corrected chi connectivity index (χ0v) is 10.9. The molecule has 0 spiro atoms. The quantitative estimate of drug-likeness (QED) is 0.694. The summed E-state index contributed by atoms with van der Waals surface area (Å²) in [6, 6.07) is 7.14. The molecule has 22 heavy (non-hydrogen) atoms. The van der Waals surface area contributed by atoms with Crippen LogP contribution in [0.1, 0.15) is 5.69 Å². The smallest absolute Gasteiger partial charge is 0.481 e. The molecule has 8 heteroatoms. The van der Waals surface area contributed by atoms with Gasteiger partial charge in [-0.1, -0.05) is 12.1 Å². The Morgan fingerprint density at radius 1 is 1.14 bits per heavy atom. The van der Waals surface area contributed by atoms with Gasteiger partial charge in [0, 0.05) is 5.56 Å². The minimum atomic E-state index is -4.80. The molecule has 0 fully saturated rings. The molecule has 1 aromatic carbocycles. The highest BCUT2D eigenvalue weighted by Gasteiger charge is 2.31. The Balaban J connectivity index is 2.33. The van der Waals surface area contributed by atoms with Crippen molar-refractivity contribution in [2.24, 2.45) is 0 Å². The molecular formula is C14H9F4NO3. The van der Waals surface area contributed by atoms with Crippen LogP contribution in [0.5, 0.6) is 5.75 Å². The van der Waals surface area contributed by atoms with Gasteiger partial charge in [-0.25, -0.2) is 4.98 Å². The number of benzene rings is 1. The number of carboxylic acids is 1. The van der Waals surface area contributed by atoms with Gasteiger partial charge in [0.1, 0.15) is 5.75 Å². The molecule has 0 unspecified atom stereocenters. The van der Waals surface area contributed by atoms with Crippen molar-refractivity contribution in [3.05, 3.63) is 48.0 Å². The number of nitrogens with zero attached hydrogens (tertiary/aromatic N) is 1. The number of alkyl halides is 3. The molecule has 0 atom stereocenters. The lowest BCUT2D eigenvalue weighted by Crippen LogP contribution is -2.16. The second-order valence-electron chi connectivity index (χ2n) is 4.27. The predicted molar refractivity (Wildman–Crippen MR) is 67.7 cm³/mol. The van der Waals surface area contributed by atoms with E-state index < -0.39 is 30.4 Å². The Kier molecular flexibility index (Phi) is 4.30. The topological polar surface area (TPSA) is 59.4 Å². The van der Waals surface area contributed by atoms with E-state index >= 15 is 0 Å². The van der Waals surface area contributed by atoms with Crippen LogP contribution in [0.15, 0.2) is 36.4 Å². The standard InChI is InChI=1S/C14H9F4NO3/c15-12-6-5-10(11(19-12)7-13(20)21)8-1-3-9(4-2-8)22-14(16,17)18/h1-6H,7H2,(H,20,21). The molecule has 0 aliphatic rings. The number of rotatable bonds is 4. The van der Waals surface area contributed by atoms with E-state index in [4.69, 9.17) is 5.11 Å². The van der Waals surface area contributed by atoms with Gasteiger partial charge >= 0.3 is 12.3 Å². The first-order chi connectivity index (χ1) is 10.2. The molecular weight excluding hydrogens is 306 g/mol. The molecule has 0 saturated heterocycles. The van der Waals surface area contributed by atoms with E-state index in [9.17, 15) is 22.4 Å². The molecule has 2 aromatic rings. The minimum absolute atomic E-state index is 0.0167. The monoisotopic (exact) mass is 315 g/mol. The summed E-state index contributed by atoms with van der Waals surface area (Å²) in [6.07, 6.45) is -5.30. The van der Waals surface area contributed by atoms with Gasteiger partial charge in [0.15, 0.2) is 0 Å². The molecule has 2 rings (SSSR count). The SMILES string of the molecule is O=C(O)Cc1nc(F)ccc1-c1ccc(OC(F)(F)F)cc1. The number of halogens is 4. The summed E-state index contributed by atoms with van der Waals surface area (Å²) >= 11 is 0. The summed E-state index contributed by atoms with van der Waals surface area (Å²) < 4.78 is 53.1. The van der Waals surface area contributed by atoms with E-state index in [2.05, 4.69) is 9.72 Å². The summed E-state index contributed by atoms with van der Waals surface area (Å²) in [6.45, 7) is 0. The largest absolute Gasteiger partial charge is 0.573 e. The van der Waals surface area contributed by atoms with Gasteiger partial charge in [-0.2, -0.15) is 4.39 Å². The van der Waals surface area contributed by atoms with Crippen molar-refractivity contribution in [3.8, 4) is 16.9 Å². The van der Waals surface area contributed by atoms with E-state index in [1.54, 1.807) is 0 Å². The number of carbonyl (C=O) groups is 1. The predicted octanol–water partition coefficient (Wildman–Crippen LogP) is 3.41. The molecule has 0 aliphatic carbocycles. The molecule has 1 N–H and O–H groups in total. The number of carboxylic acid groups (broad SMARTS) is 1. The first-order valence-electron chi connectivity index (χ1n) is 5.98. The number of ether oxygens (including phenoxy) is 1. The van der Waals surface area contributed by atoms with Crippen LogP contribution in [0.4, 0.5) is 17.6 Å². The van der Waals surface area contributed by atoms with Crippen LogP contribution in [0, 0.1) is 5.95 Å². The Morgan fingerprint density at radius 3 is 2.32 bits per heavy atom. The first-order valence-corrected chi connectivity index (χ1v) is 5.98. The average Bonchev–Trinajstić information content (AvgIpc) is 2.37. The number of aliphatic carboxylic acids is 1. The maximum atomic E-state index is 13.1. The van der Waals surface area contributed by atoms with Crippen LogP contribution in [-0.2, 0) is 11.2 Å². The van der Waals surface area contributed by atoms with Crippen molar-refractivity contribution in [3.63, 3.8) is 0 Å². The summed E-state index contributed by atoms with van der Waals surface area (Å²) in [4.78, 5) is 14.3. The lowest BCUT2D eigenvalue weighted by Gasteiger charge is -2.11. The van der Waals surface area contributed by atoms with Gasteiger partial charge < -0.3 is 9.84 Å². The molecule has 116 valence electrons. The van der Waals surface area contributed by atoms with Gasteiger partial charge in [-0.05, 0) is 29.8 Å². The summed E-state index contributed by atoms with van der Waals surface area (Å²) in [7, 11) is 0. The Morgan fingerprint density at radius 2 is 1.77 bits per heavy atom. The van der Waals surface area contributed by atoms with Crippen molar-refractivity contribution in [2.45, 2.75) is 12.8 Å². The van der Waals surface area contributed by atoms with Gasteiger partial charge in [-0.3, -0.25) is 4.79 Å². The van der Waals surface area contributed by atoms with Crippen molar-refractivity contribution in [1.29, 1.82) is 0 Å². The summed E-state index contributed by atoms with van der Waals surface area (Å²) in [5.74, 6) is -2.44. The fourth-order valence-electron chi connectivity index (χ4n) is 1.85. The number of hydrogen-bond donors (Lipinski definition) is 1. The van der Waals surface area contributed by atoms with Crippen LogP contribution in [-0.4, -0.2) is 22.4 Å². The van der Waals surface area contributed by atoms with Crippen molar-refractivity contribution in [1.82, 2.24) is 4.98 Å². The molecule has 1 heterocycles. The molecule has 0 radical (unpaired) electrons. The maximum absolute atomic E-state index is 13.1. The highest BCUT2D eigenvalue weighted by atomic mass is 19.4. The van der Waals surface area contributed by atoms with E-state index in [0.717, 1.165) is 18.2 Å². The normalized spacial score (nSPS) is 11.3. The lowest BCUT2D eigenvalue weighted by atomic mass is 10.0. The van der Waals surface area contributed by atoms with Gasteiger partial charge in [-0.15, -0.1) is 13.2 Å². The highest BCUT2D eigenvalue weighted by Crippen LogP contribution is 2.28. The van der Waals surface area contributed by atoms with Gasteiger partial charge in [0.05, 0.1) is 12.1 Å². The van der Waals surface area contributed by atoms with E-state index in [1.165, 1.54) is 18.2 Å². The molecule has 0 amide bonds. The van der Waals surface area contributed by atoms with Crippen molar-refractivity contribution < 1.29 is 32.2 Å². The van der Waals surface area contributed by atoms with Crippen LogP contribution in [0.25, 0.3) is 11.1 Å². The maximum Gasteiger partial charge on any atom is 0.573 e. The molecule has 0 aliphatic heterocycles. The average molecular weight is 315 g/mol. The van der Waals surface area contributed by atoms with E-state index in [-0.39, 0.29) is 5.69 Å². The first kappa shape index (κ1) is 15.7. The number of aromatic nitrogens is 1. The summed E-state index contributed by atoms with van der Waals surface area (Å²) in [5, 5.41) is 8.79. The fourth-order valence-corrected chi connectivity index (χ4v) is 1.85. The Labute approximate surface area is 122 Å². The molecule has 0 bridgehead atoms. The molecule has 4 nitrogen and oxygen atoms in total. The Hall–Kier alpha value is -2.64. The van der Waals surface area contributed by atoms with Gasteiger partial charge in [0.25, 0.3) is 0 Å². The lowest BCUT2D eigenvalue weighted by molar-refractivity contribution is -0.274. The fraction of sp³-hybridized carbons (Fsp3) is 0.143. The van der Waals surface area contributed by atoms with Crippen LogP contribution < -0.4 is 4.74 Å². The second kappa shape index (κ2) is 6.00. The number of pyridine rings is 1. The van der Waals surface area contributed by atoms with Gasteiger partial charge in [0.2, 0.25) is 5.95 Å². The summed E-state index contributed by atoms with van der Waals surface area (Å²) in [5.41, 5.74) is 0.706. The minimum Gasteiger partial charge on any atom is -0.481 e. The van der Waals surface area contributed by atoms with Crippen molar-refractivity contribution >= 4 is 5.97 Å². The second-order valence-corrected chi connectivity index (χ2v) is 4.27. The third-order valence-electron chi connectivity index (χ3n) is 2.66. The third kappa shape index (κ3) is 4.18. The highest BCUT2D eigenvalue weighted by molar-refractivity contribution is 5.75. The van der Waals surface area contributed by atoms with Crippen LogP contribution >= 0.6 is 0 Å². The zero-order chi connectivity index (χ0) is 16.3. The molecule has 1 aromatic heterocycles. The van der Waals surface area contributed by atoms with Crippen LogP contribution in [0.3, 0.4) is 0 Å². The third-order valence-corrected chi connectivity index (χ3v) is 2.66. The molecule has 0 saturated carbocycles. The van der Waals surface area contributed by atoms with E-state index in [1.807, 2.05) is 0 Å². The van der Waals surface area contributed by atoms with Crippen molar-refractivity contribution in [2.75, 3.05) is 0 Å². The van der Waals surface area contributed by atoms with Crippen LogP contribution in [0.2, 0.25) is 0 Å².